The van der Waals surface area contributed by atoms with E-state index in [-0.39, 0.29) is 12.7 Å². The Balaban J connectivity index is 1.67. The molecule has 0 spiro atoms. The monoisotopic (exact) mass is 307 g/mol. The van der Waals surface area contributed by atoms with Gasteiger partial charge in [0.2, 0.25) is 6.79 Å². The number of rotatable bonds is 4. The van der Waals surface area contributed by atoms with Gasteiger partial charge in [-0.05, 0) is 23.8 Å². The highest BCUT2D eigenvalue weighted by atomic mass is 16.7. The summed E-state index contributed by atoms with van der Waals surface area (Å²) < 4.78 is 10.8. The molecule has 3 aromatic rings. The molecule has 23 heavy (non-hydrogen) atoms. The predicted molar refractivity (Wildman–Crippen MR) is 87.5 cm³/mol. The maximum atomic E-state index is 6.01. The van der Waals surface area contributed by atoms with Crippen LogP contribution < -0.4 is 15.2 Å². The summed E-state index contributed by atoms with van der Waals surface area (Å²) in [7, 11) is 0. The predicted octanol–water partition coefficient (Wildman–Crippen LogP) is 2.90. The molecular weight excluding hydrogens is 290 g/mol. The van der Waals surface area contributed by atoms with E-state index in [9.17, 15) is 0 Å². The van der Waals surface area contributed by atoms with Gasteiger partial charge in [-0.15, -0.1) is 0 Å². The van der Waals surface area contributed by atoms with E-state index in [2.05, 4.69) is 16.3 Å². The Morgan fingerprint density at radius 3 is 2.70 bits per heavy atom. The number of H-pyrrole nitrogens is 1. The fraction of sp³-hybridized carbons (Fsp3) is 0.167. The van der Waals surface area contributed by atoms with E-state index in [0.29, 0.717) is 6.54 Å². The normalized spacial score (nSPS) is 14.0. The fourth-order valence-corrected chi connectivity index (χ4v) is 2.84. The molecule has 0 saturated heterocycles. The molecule has 0 radical (unpaired) electrons. The van der Waals surface area contributed by atoms with Crippen molar-refractivity contribution in [1.82, 2.24) is 10.2 Å². The molecule has 1 atom stereocenters. The Labute approximate surface area is 134 Å². The first-order chi connectivity index (χ1) is 11.3. The lowest BCUT2D eigenvalue weighted by atomic mass is 9.95. The van der Waals surface area contributed by atoms with Gasteiger partial charge in [0.25, 0.3) is 0 Å². The van der Waals surface area contributed by atoms with E-state index < -0.39 is 0 Å². The Morgan fingerprint density at radius 1 is 1.04 bits per heavy atom. The van der Waals surface area contributed by atoms with Crippen LogP contribution in [0.5, 0.6) is 11.5 Å². The Bertz CT molecular complexity index is 814. The minimum atomic E-state index is 0.0365. The van der Waals surface area contributed by atoms with Gasteiger partial charge in [0.15, 0.2) is 11.5 Å². The third-order valence-corrected chi connectivity index (χ3v) is 4.08. The van der Waals surface area contributed by atoms with Crippen molar-refractivity contribution >= 4 is 0 Å². The van der Waals surface area contributed by atoms with Crippen LogP contribution in [0.2, 0.25) is 0 Å². The van der Waals surface area contributed by atoms with Crippen molar-refractivity contribution in [3.05, 3.63) is 65.9 Å². The summed E-state index contributed by atoms with van der Waals surface area (Å²) in [5.41, 5.74) is 10.1. The second-order valence-electron chi connectivity index (χ2n) is 5.48. The van der Waals surface area contributed by atoms with Crippen molar-refractivity contribution in [2.24, 2.45) is 5.73 Å². The number of hydrogen-bond acceptors (Lipinski definition) is 4. The SMILES string of the molecule is NCC(c1ccc2c(c1)OCO2)c1cc(-c2ccccc2)n[nH]1. The lowest BCUT2D eigenvalue weighted by Gasteiger charge is -2.13. The van der Waals surface area contributed by atoms with Gasteiger partial charge in [0.1, 0.15) is 0 Å². The van der Waals surface area contributed by atoms with E-state index in [1.54, 1.807) is 0 Å². The number of aromatic amines is 1. The summed E-state index contributed by atoms with van der Waals surface area (Å²) in [6.45, 7) is 0.754. The molecule has 2 aromatic carbocycles. The van der Waals surface area contributed by atoms with E-state index >= 15 is 0 Å². The molecule has 1 aliphatic heterocycles. The number of nitrogens with one attached hydrogen (secondary N) is 1. The van der Waals surface area contributed by atoms with E-state index in [1.807, 2.05) is 48.5 Å². The van der Waals surface area contributed by atoms with Crippen LogP contribution in [0.15, 0.2) is 54.6 Å². The molecule has 1 unspecified atom stereocenters. The van der Waals surface area contributed by atoms with Gasteiger partial charge in [-0.2, -0.15) is 5.10 Å². The summed E-state index contributed by atoms with van der Waals surface area (Å²) in [4.78, 5) is 0. The van der Waals surface area contributed by atoms with Crippen LogP contribution >= 0.6 is 0 Å². The standard InChI is InChI=1S/C18H17N3O2/c19-10-14(13-6-7-17-18(8-13)23-11-22-17)16-9-15(20-21-16)12-4-2-1-3-5-12/h1-9,14H,10-11,19H2,(H,20,21). The molecule has 116 valence electrons. The molecular formula is C18H17N3O2. The van der Waals surface area contributed by atoms with Crippen molar-refractivity contribution < 1.29 is 9.47 Å². The van der Waals surface area contributed by atoms with Crippen LogP contribution in [0.4, 0.5) is 0 Å². The summed E-state index contributed by atoms with van der Waals surface area (Å²) in [5.74, 6) is 1.58. The molecule has 2 heterocycles. The quantitative estimate of drug-likeness (QED) is 0.777. The van der Waals surface area contributed by atoms with Crippen LogP contribution in [-0.2, 0) is 0 Å². The number of fused-ring (bicyclic) bond motifs is 1. The summed E-state index contributed by atoms with van der Waals surface area (Å²) >= 11 is 0. The van der Waals surface area contributed by atoms with Gasteiger partial charge < -0.3 is 15.2 Å². The Hall–Kier alpha value is -2.79. The van der Waals surface area contributed by atoms with Crippen molar-refractivity contribution in [2.75, 3.05) is 13.3 Å². The topological polar surface area (TPSA) is 73.2 Å². The molecule has 0 amide bonds. The van der Waals surface area contributed by atoms with Gasteiger partial charge in [0.05, 0.1) is 5.69 Å². The molecule has 1 aromatic heterocycles. The number of ether oxygens (including phenoxy) is 2. The first-order valence-corrected chi connectivity index (χ1v) is 7.55. The van der Waals surface area contributed by atoms with E-state index in [1.165, 1.54) is 0 Å². The number of nitrogens with two attached hydrogens (primary N) is 1. The molecule has 3 N–H and O–H groups in total. The molecule has 4 rings (SSSR count). The molecule has 1 aliphatic rings. The third-order valence-electron chi connectivity index (χ3n) is 4.08. The van der Waals surface area contributed by atoms with Gasteiger partial charge in [0, 0.05) is 23.7 Å². The molecule has 0 saturated carbocycles. The fourth-order valence-electron chi connectivity index (χ4n) is 2.84. The lowest BCUT2D eigenvalue weighted by molar-refractivity contribution is 0.174. The Morgan fingerprint density at radius 2 is 1.87 bits per heavy atom. The highest BCUT2D eigenvalue weighted by Crippen LogP contribution is 2.36. The third kappa shape index (κ3) is 2.55. The molecule has 0 bridgehead atoms. The molecule has 5 heteroatoms. The summed E-state index contributed by atoms with van der Waals surface area (Å²) in [5, 5.41) is 7.54. The van der Waals surface area contributed by atoms with Crippen LogP contribution in [0, 0.1) is 0 Å². The van der Waals surface area contributed by atoms with Crippen molar-refractivity contribution in [2.45, 2.75) is 5.92 Å². The minimum absolute atomic E-state index is 0.0365. The van der Waals surface area contributed by atoms with Crippen LogP contribution in [0.1, 0.15) is 17.2 Å². The first kappa shape index (κ1) is 13.8. The molecule has 5 nitrogen and oxygen atoms in total. The van der Waals surface area contributed by atoms with Gasteiger partial charge in [-0.25, -0.2) is 0 Å². The minimum Gasteiger partial charge on any atom is -0.454 e. The van der Waals surface area contributed by atoms with E-state index in [4.69, 9.17) is 15.2 Å². The zero-order valence-corrected chi connectivity index (χ0v) is 12.5. The van der Waals surface area contributed by atoms with Crippen molar-refractivity contribution in [3.63, 3.8) is 0 Å². The second kappa shape index (κ2) is 5.78. The van der Waals surface area contributed by atoms with Gasteiger partial charge in [-0.1, -0.05) is 36.4 Å². The van der Waals surface area contributed by atoms with Gasteiger partial charge in [-0.3, -0.25) is 5.10 Å². The van der Waals surface area contributed by atoms with Crippen molar-refractivity contribution in [3.8, 4) is 22.8 Å². The van der Waals surface area contributed by atoms with Crippen LogP contribution in [0.25, 0.3) is 11.3 Å². The van der Waals surface area contributed by atoms with Crippen LogP contribution in [-0.4, -0.2) is 23.5 Å². The van der Waals surface area contributed by atoms with Crippen LogP contribution in [0.3, 0.4) is 0 Å². The first-order valence-electron chi connectivity index (χ1n) is 7.55. The number of hydrogen-bond donors (Lipinski definition) is 2. The van der Waals surface area contributed by atoms with E-state index in [0.717, 1.165) is 34.0 Å². The summed E-state index contributed by atoms with van der Waals surface area (Å²) in [6, 6.07) is 18.1. The number of benzene rings is 2. The van der Waals surface area contributed by atoms with Crippen molar-refractivity contribution in [1.29, 1.82) is 0 Å². The largest absolute Gasteiger partial charge is 0.454 e. The Kier molecular flexibility index (Phi) is 3.48. The maximum Gasteiger partial charge on any atom is 0.231 e. The smallest absolute Gasteiger partial charge is 0.231 e. The highest BCUT2D eigenvalue weighted by Gasteiger charge is 2.20. The zero-order valence-electron chi connectivity index (χ0n) is 12.5. The average Bonchev–Trinajstić information content (AvgIpc) is 3.25. The second-order valence-corrected chi connectivity index (χ2v) is 5.48. The zero-order chi connectivity index (χ0) is 15.6. The molecule has 0 aliphatic carbocycles. The lowest BCUT2D eigenvalue weighted by Crippen LogP contribution is -2.14. The maximum absolute atomic E-state index is 6.01. The number of nitrogens with zero attached hydrogens (tertiary/aromatic N) is 1. The average molecular weight is 307 g/mol. The molecule has 0 fully saturated rings. The summed E-state index contributed by atoms with van der Waals surface area (Å²) in [6.07, 6.45) is 0. The highest BCUT2D eigenvalue weighted by molar-refractivity contribution is 5.59. The number of aromatic nitrogens is 2. The van der Waals surface area contributed by atoms with Gasteiger partial charge >= 0.3 is 0 Å².